The molecule has 1 heterocycles. The highest BCUT2D eigenvalue weighted by atomic mass is 19.1. The van der Waals surface area contributed by atoms with Gasteiger partial charge in [0.1, 0.15) is 5.82 Å². The first-order valence-electron chi connectivity index (χ1n) is 7.03. The predicted molar refractivity (Wildman–Crippen MR) is 77.7 cm³/mol. The van der Waals surface area contributed by atoms with Gasteiger partial charge in [0.25, 0.3) is 0 Å². The molecule has 0 amide bonds. The van der Waals surface area contributed by atoms with Crippen LogP contribution in [0.5, 0.6) is 0 Å². The summed E-state index contributed by atoms with van der Waals surface area (Å²) in [6.45, 7) is 4.13. The van der Waals surface area contributed by atoms with Gasteiger partial charge in [-0.3, -0.25) is 9.48 Å². The molecule has 0 fully saturated rings. The Balaban J connectivity index is 2.18. The SMILES string of the molecule is CCC(C)n1ccc(CC(C(=O)O)c2ccc(F)cc2)n1. The van der Waals surface area contributed by atoms with E-state index in [0.717, 1.165) is 12.1 Å². The zero-order valence-electron chi connectivity index (χ0n) is 12.2. The molecule has 0 saturated heterocycles. The Hall–Kier alpha value is -2.17. The fourth-order valence-electron chi connectivity index (χ4n) is 2.17. The molecular formula is C16H19FN2O2. The maximum Gasteiger partial charge on any atom is 0.311 e. The third kappa shape index (κ3) is 3.68. The molecule has 2 unspecified atom stereocenters. The summed E-state index contributed by atoms with van der Waals surface area (Å²) in [6, 6.07) is 7.71. The normalized spacial score (nSPS) is 13.9. The molecule has 4 nitrogen and oxygen atoms in total. The highest BCUT2D eigenvalue weighted by Crippen LogP contribution is 2.22. The van der Waals surface area contributed by atoms with Crippen LogP contribution in [0, 0.1) is 5.82 Å². The first kappa shape index (κ1) is 15.2. The van der Waals surface area contributed by atoms with Crippen molar-refractivity contribution < 1.29 is 14.3 Å². The maximum atomic E-state index is 12.9. The molecular weight excluding hydrogens is 271 g/mol. The molecule has 0 saturated carbocycles. The minimum Gasteiger partial charge on any atom is -0.481 e. The second kappa shape index (κ2) is 6.52. The Morgan fingerprint density at radius 1 is 1.33 bits per heavy atom. The summed E-state index contributed by atoms with van der Waals surface area (Å²) in [5.74, 6) is -2.02. The zero-order chi connectivity index (χ0) is 15.4. The van der Waals surface area contributed by atoms with Gasteiger partial charge in [0.05, 0.1) is 11.6 Å². The van der Waals surface area contributed by atoms with Gasteiger partial charge in [-0.1, -0.05) is 19.1 Å². The Bertz CT molecular complexity index is 607. The quantitative estimate of drug-likeness (QED) is 0.887. The number of nitrogens with zero attached hydrogens (tertiary/aromatic N) is 2. The van der Waals surface area contributed by atoms with Crippen LogP contribution in [0.25, 0.3) is 0 Å². The van der Waals surface area contributed by atoms with Crippen molar-refractivity contribution in [1.29, 1.82) is 0 Å². The standard InChI is InChI=1S/C16H19FN2O2/c1-3-11(2)19-9-8-14(18-19)10-15(16(20)21)12-4-6-13(17)7-5-12/h4-9,11,15H,3,10H2,1-2H3,(H,20,21). The molecule has 2 aromatic rings. The topological polar surface area (TPSA) is 55.1 Å². The maximum absolute atomic E-state index is 12.9. The van der Waals surface area contributed by atoms with E-state index in [-0.39, 0.29) is 11.9 Å². The molecule has 1 aromatic heterocycles. The molecule has 0 bridgehead atoms. The molecule has 2 rings (SSSR count). The largest absolute Gasteiger partial charge is 0.481 e. The molecule has 5 heteroatoms. The summed E-state index contributed by atoms with van der Waals surface area (Å²) in [5.41, 5.74) is 1.31. The lowest BCUT2D eigenvalue weighted by molar-refractivity contribution is -0.138. The van der Waals surface area contributed by atoms with Crippen LogP contribution in [0.1, 0.15) is 43.5 Å². The van der Waals surface area contributed by atoms with Crippen LogP contribution in [0.2, 0.25) is 0 Å². The first-order valence-corrected chi connectivity index (χ1v) is 7.03. The number of benzene rings is 1. The van der Waals surface area contributed by atoms with E-state index >= 15 is 0 Å². The Morgan fingerprint density at radius 2 is 2.00 bits per heavy atom. The van der Waals surface area contributed by atoms with Gasteiger partial charge in [0.2, 0.25) is 0 Å². The van der Waals surface area contributed by atoms with E-state index in [0.29, 0.717) is 12.0 Å². The summed E-state index contributed by atoms with van der Waals surface area (Å²) in [5, 5.41) is 13.8. The molecule has 1 N–H and O–H groups in total. The van der Waals surface area contributed by atoms with Crippen LogP contribution >= 0.6 is 0 Å². The number of carboxylic acids is 1. The lowest BCUT2D eigenvalue weighted by Gasteiger charge is -2.12. The summed E-state index contributed by atoms with van der Waals surface area (Å²) in [4.78, 5) is 11.5. The van der Waals surface area contributed by atoms with Crippen LogP contribution in [0.3, 0.4) is 0 Å². The average molecular weight is 290 g/mol. The molecule has 112 valence electrons. The summed E-state index contributed by atoms with van der Waals surface area (Å²) in [6.07, 6.45) is 3.12. The van der Waals surface area contributed by atoms with E-state index in [4.69, 9.17) is 0 Å². The number of aromatic nitrogens is 2. The molecule has 0 aliphatic heterocycles. The number of carboxylic acid groups (broad SMARTS) is 1. The van der Waals surface area contributed by atoms with Crippen molar-refractivity contribution in [2.45, 2.75) is 38.6 Å². The highest BCUT2D eigenvalue weighted by molar-refractivity contribution is 5.76. The second-order valence-electron chi connectivity index (χ2n) is 5.19. The third-order valence-electron chi connectivity index (χ3n) is 3.69. The fraction of sp³-hybridized carbons (Fsp3) is 0.375. The Labute approximate surface area is 123 Å². The van der Waals surface area contributed by atoms with E-state index in [1.54, 1.807) is 0 Å². The molecule has 0 spiro atoms. The van der Waals surface area contributed by atoms with Crippen molar-refractivity contribution in [3.63, 3.8) is 0 Å². The Kier molecular flexibility index (Phi) is 4.73. The van der Waals surface area contributed by atoms with E-state index in [1.807, 2.05) is 16.9 Å². The summed E-state index contributed by atoms with van der Waals surface area (Å²) < 4.78 is 14.8. The van der Waals surface area contributed by atoms with Crippen molar-refractivity contribution >= 4 is 5.97 Å². The monoisotopic (exact) mass is 290 g/mol. The summed E-state index contributed by atoms with van der Waals surface area (Å²) in [7, 11) is 0. The fourth-order valence-corrected chi connectivity index (χ4v) is 2.17. The number of rotatable bonds is 6. The molecule has 0 radical (unpaired) electrons. The molecule has 0 aliphatic rings. The molecule has 2 atom stereocenters. The van der Waals surface area contributed by atoms with Crippen LogP contribution < -0.4 is 0 Å². The van der Waals surface area contributed by atoms with Crippen molar-refractivity contribution in [3.8, 4) is 0 Å². The van der Waals surface area contributed by atoms with Crippen LogP contribution in [0.15, 0.2) is 36.5 Å². The highest BCUT2D eigenvalue weighted by Gasteiger charge is 2.21. The van der Waals surface area contributed by atoms with Gasteiger partial charge in [0.15, 0.2) is 0 Å². The van der Waals surface area contributed by atoms with Gasteiger partial charge in [-0.15, -0.1) is 0 Å². The number of aliphatic carboxylic acids is 1. The molecule has 21 heavy (non-hydrogen) atoms. The van der Waals surface area contributed by atoms with Crippen molar-refractivity contribution in [3.05, 3.63) is 53.6 Å². The predicted octanol–water partition coefficient (Wildman–Crippen LogP) is 3.40. The lowest BCUT2D eigenvalue weighted by Crippen LogP contribution is -2.15. The Morgan fingerprint density at radius 3 is 2.57 bits per heavy atom. The minimum atomic E-state index is -0.931. The van der Waals surface area contributed by atoms with Crippen molar-refractivity contribution in [2.24, 2.45) is 0 Å². The van der Waals surface area contributed by atoms with Gasteiger partial charge in [-0.05, 0) is 37.1 Å². The lowest BCUT2D eigenvalue weighted by atomic mass is 9.94. The van der Waals surface area contributed by atoms with Crippen molar-refractivity contribution in [1.82, 2.24) is 9.78 Å². The zero-order valence-corrected chi connectivity index (χ0v) is 12.2. The molecule has 1 aromatic carbocycles. The van der Waals surface area contributed by atoms with Crippen LogP contribution in [-0.2, 0) is 11.2 Å². The molecule has 0 aliphatic carbocycles. The third-order valence-corrected chi connectivity index (χ3v) is 3.69. The van der Waals surface area contributed by atoms with E-state index in [9.17, 15) is 14.3 Å². The number of carbonyl (C=O) groups is 1. The van der Waals surface area contributed by atoms with E-state index < -0.39 is 11.9 Å². The smallest absolute Gasteiger partial charge is 0.311 e. The average Bonchev–Trinajstić information content (AvgIpc) is 2.93. The number of hydrogen-bond donors (Lipinski definition) is 1. The van der Waals surface area contributed by atoms with Crippen molar-refractivity contribution in [2.75, 3.05) is 0 Å². The van der Waals surface area contributed by atoms with E-state index in [1.165, 1.54) is 24.3 Å². The van der Waals surface area contributed by atoms with Gasteiger partial charge in [-0.25, -0.2) is 4.39 Å². The minimum absolute atomic E-state index is 0.285. The summed E-state index contributed by atoms with van der Waals surface area (Å²) >= 11 is 0. The van der Waals surface area contributed by atoms with Gasteiger partial charge in [0, 0.05) is 18.7 Å². The van der Waals surface area contributed by atoms with Gasteiger partial charge in [-0.2, -0.15) is 5.10 Å². The van der Waals surface area contributed by atoms with Gasteiger partial charge >= 0.3 is 5.97 Å². The van der Waals surface area contributed by atoms with Crippen LogP contribution in [-0.4, -0.2) is 20.9 Å². The first-order chi connectivity index (χ1) is 10.0. The van der Waals surface area contributed by atoms with E-state index in [2.05, 4.69) is 18.9 Å². The number of halogens is 1. The second-order valence-corrected chi connectivity index (χ2v) is 5.19. The number of hydrogen-bond acceptors (Lipinski definition) is 2. The van der Waals surface area contributed by atoms with Gasteiger partial charge < -0.3 is 5.11 Å². The van der Waals surface area contributed by atoms with Crippen LogP contribution in [0.4, 0.5) is 4.39 Å².